The number of hydrogen-bond acceptors (Lipinski definition) is 12. The first kappa shape index (κ1) is 73.6. The van der Waals surface area contributed by atoms with Gasteiger partial charge in [0.2, 0.25) is 0 Å². The molecule has 7 aromatic rings. The Bertz CT molecular complexity index is 4400. The van der Waals surface area contributed by atoms with E-state index in [4.69, 9.17) is 29.5 Å². The maximum absolute atomic E-state index is 13.9. The standard InChI is InChI=1S/C32H38N4O3.C27H36N4O3.C26H34N4O3/c1-31(2)24-14-16-32(3,18-24)29(31)33-28(37)27-25-20-35(30(38)39-21-23-12-8-5-9-13-23)17-15-26(25)36(34-27)19-22-10-6-4-7-11-22;1-5-34-25(33)30-14-12-21-20(17-30)22(29-31(21)16-18-9-7-6-8-10-18)23(32)28-24-26(2,3)19-11-13-27(24,4)15-19;1-25(2)18-10-12-26(3,14-18)23(25)27-22(31)21-19-16-29(24(32)33-4)13-11-20(19)30(28-21)15-17-8-6-5-7-9-17/h4-13,24,29H,14-21H2,1-3H3,(H,33,37);6-10,19,24H,5,11-17H2,1-4H3,(H,28,32);5-9,18,23H,10-16H2,1-4H3,(H,27,31). The molecule has 3 aromatic heterocycles. The minimum Gasteiger partial charge on any atom is -0.453 e. The van der Waals surface area contributed by atoms with Gasteiger partial charge in [-0.25, -0.2) is 14.4 Å². The summed E-state index contributed by atoms with van der Waals surface area (Å²) in [5.74, 6) is 1.53. The topological polar surface area (TPSA) is 229 Å². The average molecular weight is 1440 g/mol. The second kappa shape index (κ2) is 29.1. The smallest absolute Gasteiger partial charge is 0.410 e. The lowest BCUT2D eigenvalue weighted by Crippen LogP contribution is -2.52. The number of nitrogens with zero attached hydrogens (tertiary/aromatic N) is 9. The van der Waals surface area contributed by atoms with Gasteiger partial charge in [0, 0.05) is 90.8 Å². The van der Waals surface area contributed by atoms with Gasteiger partial charge in [-0.1, -0.05) is 184 Å². The maximum atomic E-state index is 13.9. The minimum absolute atomic E-state index is 0.0443. The van der Waals surface area contributed by atoms with Crippen LogP contribution in [0.25, 0.3) is 0 Å². The van der Waals surface area contributed by atoms with Crippen LogP contribution in [-0.4, -0.2) is 132 Å². The third-order valence-corrected chi connectivity index (χ3v) is 26.6. The second-order valence-corrected chi connectivity index (χ2v) is 34.4. The Balaban J connectivity index is 0.000000134. The molecular weight excluding hydrogens is 1330 g/mol. The number of benzene rings is 4. The lowest BCUT2D eigenvalue weighted by Gasteiger charge is -2.43. The zero-order valence-corrected chi connectivity index (χ0v) is 64.0. The number of carbonyl (C=O) groups excluding carboxylic acids is 6. The van der Waals surface area contributed by atoms with Crippen LogP contribution in [0.4, 0.5) is 14.4 Å². The number of hydrogen-bond donors (Lipinski definition) is 3. The van der Waals surface area contributed by atoms with Crippen LogP contribution >= 0.6 is 0 Å². The zero-order valence-electron chi connectivity index (χ0n) is 64.0. The molecule has 106 heavy (non-hydrogen) atoms. The van der Waals surface area contributed by atoms with E-state index in [0.29, 0.717) is 120 Å². The molecule has 562 valence electrons. The fraction of sp³-hybridized carbons (Fsp3) is 0.541. The van der Waals surface area contributed by atoms with Gasteiger partial charge in [-0.3, -0.25) is 28.4 Å². The van der Waals surface area contributed by atoms with Gasteiger partial charge >= 0.3 is 18.3 Å². The van der Waals surface area contributed by atoms with Gasteiger partial charge in [-0.2, -0.15) is 15.3 Å². The molecule has 4 aromatic carbocycles. The second-order valence-electron chi connectivity index (χ2n) is 34.4. The van der Waals surface area contributed by atoms with Crippen molar-refractivity contribution in [1.82, 2.24) is 60.0 Å². The van der Waals surface area contributed by atoms with E-state index in [0.717, 1.165) is 81.7 Å². The molecule has 6 amide bonds. The predicted molar refractivity (Wildman–Crippen MR) is 403 cm³/mol. The molecule has 16 rings (SSSR count). The molecule has 9 unspecified atom stereocenters. The molecule has 6 aliphatic carbocycles. The Morgan fingerprint density at radius 3 is 0.991 bits per heavy atom. The molecule has 9 atom stereocenters. The van der Waals surface area contributed by atoms with Crippen molar-refractivity contribution in [3.05, 3.63) is 194 Å². The molecule has 6 saturated carbocycles. The number of carbonyl (C=O) groups is 6. The Labute approximate surface area is 624 Å². The fourth-order valence-electron chi connectivity index (χ4n) is 20.9. The summed E-state index contributed by atoms with van der Waals surface area (Å²) in [5, 5.41) is 24.7. The monoisotopic (exact) mass is 1440 g/mol. The summed E-state index contributed by atoms with van der Waals surface area (Å²) >= 11 is 0. The van der Waals surface area contributed by atoms with Gasteiger partial charge in [0.1, 0.15) is 6.61 Å². The van der Waals surface area contributed by atoms with Crippen LogP contribution in [0.1, 0.15) is 215 Å². The molecule has 6 heterocycles. The van der Waals surface area contributed by atoms with Crippen LogP contribution in [-0.2, 0) is 79.3 Å². The molecule has 21 heteroatoms. The average Bonchev–Trinajstić information content (AvgIpc) is 1.57. The largest absolute Gasteiger partial charge is 0.453 e. The van der Waals surface area contributed by atoms with Crippen LogP contribution in [0, 0.1) is 50.2 Å². The van der Waals surface area contributed by atoms with Crippen LogP contribution in [0.3, 0.4) is 0 Å². The third-order valence-electron chi connectivity index (χ3n) is 26.6. The maximum Gasteiger partial charge on any atom is 0.410 e. The van der Waals surface area contributed by atoms with E-state index in [1.54, 1.807) is 14.7 Å². The van der Waals surface area contributed by atoms with Gasteiger partial charge < -0.3 is 44.9 Å². The van der Waals surface area contributed by atoms with Gasteiger partial charge in [-0.05, 0) is 137 Å². The number of methoxy groups -OCH3 is 1. The first-order chi connectivity index (χ1) is 50.7. The normalized spacial score (nSPS) is 26.3. The highest BCUT2D eigenvalue weighted by atomic mass is 16.6. The minimum atomic E-state index is -0.371. The highest BCUT2D eigenvalue weighted by Crippen LogP contribution is 2.65. The van der Waals surface area contributed by atoms with E-state index >= 15 is 0 Å². The summed E-state index contributed by atoms with van der Waals surface area (Å²) in [7, 11) is 1.39. The third kappa shape index (κ3) is 14.1. The molecule has 0 saturated heterocycles. The van der Waals surface area contributed by atoms with Crippen molar-refractivity contribution in [2.45, 2.75) is 210 Å². The lowest BCUT2D eigenvalue weighted by atomic mass is 9.68. The summed E-state index contributed by atoms with van der Waals surface area (Å²) in [6, 6.07) is 40.5. The summed E-state index contributed by atoms with van der Waals surface area (Å²) in [6.07, 6.45) is 11.5. The summed E-state index contributed by atoms with van der Waals surface area (Å²) < 4.78 is 21.7. The molecule has 0 spiro atoms. The quantitative estimate of drug-likeness (QED) is 0.0814. The first-order valence-electron chi connectivity index (χ1n) is 38.7. The number of amides is 6. The molecular formula is C85H108N12O9. The van der Waals surface area contributed by atoms with E-state index in [2.05, 4.69) is 115 Å². The summed E-state index contributed by atoms with van der Waals surface area (Å²) in [6.45, 7) is 27.5. The summed E-state index contributed by atoms with van der Waals surface area (Å²) in [5.41, 5.74) is 11.8. The molecule has 9 aliphatic rings. The number of ether oxygens (including phenoxy) is 3. The first-order valence-corrected chi connectivity index (χ1v) is 38.7. The molecule has 6 fully saturated rings. The van der Waals surface area contributed by atoms with Crippen LogP contribution in [0.5, 0.6) is 0 Å². The van der Waals surface area contributed by atoms with E-state index in [-0.39, 0.29) is 93.2 Å². The lowest BCUT2D eigenvalue weighted by molar-refractivity contribution is 0.0725. The van der Waals surface area contributed by atoms with Crippen molar-refractivity contribution in [2.24, 2.45) is 50.2 Å². The van der Waals surface area contributed by atoms with Crippen LogP contribution < -0.4 is 16.0 Å². The number of rotatable bonds is 15. The predicted octanol–water partition coefficient (Wildman–Crippen LogP) is 14.0. The van der Waals surface area contributed by atoms with Gasteiger partial charge in [0.15, 0.2) is 17.1 Å². The number of aromatic nitrogens is 6. The zero-order chi connectivity index (χ0) is 74.7. The van der Waals surface area contributed by atoms with Crippen molar-refractivity contribution >= 4 is 36.0 Å². The molecule has 3 N–H and O–H groups in total. The van der Waals surface area contributed by atoms with E-state index < -0.39 is 0 Å². The van der Waals surface area contributed by atoms with Gasteiger partial charge in [0.05, 0.1) is 53.0 Å². The van der Waals surface area contributed by atoms with Crippen molar-refractivity contribution in [2.75, 3.05) is 33.4 Å². The number of nitrogens with one attached hydrogen (secondary N) is 3. The molecule has 6 bridgehead atoms. The molecule has 0 radical (unpaired) electrons. The van der Waals surface area contributed by atoms with Crippen molar-refractivity contribution in [1.29, 1.82) is 0 Å². The van der Waals surface area contributed by atoms with Crippen LogP contribution in [0.2, 0.25) is 0 Å². The molecule has 21 nitrogen and oxygen atoms in total. The highest BCUT2D eigenvalue weighted by Gasteiger charge is 2.62. The summed E-state index contributed by atoms with van der Waals surface area (Å²) in [4.78, 5) is 84.0. The van der Waals surface area contributed by atoms with Crippen molar-refractivity contribution in [3.63, 3.8) is 0 Å². The Morgan fingerprint density at radius 2 is 0.708 bits per heavy atom. The molecule has 3 aliphatic heterocycles. The Hall–Kier alpha value is -9.27. The Morgan fingerprint density at radius 1 is 0.415 bits per heavy atom. The van der Waals surface area contributed by atoms with Gasteiger partial charge in [0.25, 0.3) is 17.7 Å². The van der Waals surface area contributed by atoms with Crippen molar-refractivity contribution in [3.8, 4) is 0 Å². The Kier molecular flexibility index (Phi) is 20.2. The number of fused-ring (bicyclic) bond motifs is 9. The van der Waals surface area contributed by atoms with Crippen LogP contribution in [0.15, 0.2) is 121 Å². The SMILES string of the molecule is CC12CCC(C1)C(C)(C)C2NC(=O)c1nn(Cc2ccccc2)c2c1CN(C(=O)OCc1ccccc1)CC2.CCOC(=O)N1CCc2c(c(C(=O)NC3C4(C)CCC(C4)C3(C)C)nn2Cc2ccccc2)C1.COC(=O)N1CCc2c(c(C(=O)NC3C4(C)CCC(C4)C3(C)C)nn2Cc2ccccc2)C1. The highest BCUT2D eigenvalue weighted by molar-refractivity contribution is 5.96. The van der Waals surface area contributed by atoms with E-state index in [1.165, 1.54) is 39.2 Å². The van der Waals surface area contributed by atoms with E-state index in [1.807, 2.05) is 106 Å². The van der Waals surface area contributed by atoms with Gasteiger partial charge in [-0.15, -0.1) is 0 Å². The fourth-order valence-corrected chi connectivity index (χ4v) is 20.9. The van der Waals surface area contributed by atoms with Crippen molar-refractivity contribution < 1.29 is 43.0 Å². The van der Waals surface area contributed by atoms with E-state index in [9.17, 15) is 28.8 Å².